The molecule has 1 aromatic rings. The summed E-state index contributed by atoms with van der Waals surface area (Å²) in [5, 5.41) is 0. The summed E-state index contributed by atoms with van der Waals surface area (Å²) in [6.45, 7) is 1.21. The number of halogens is 2. The molecule has 1 fully saturated rings. The molecule has 1 aliphatic heterocycles. The lowest BCUT2D eigenvalue weighted by molar-refractivity contribution is -0.134. The van der Waals surface area contributed by atoms with Crippen LogP contribution >= 0.6 is 0 Å². The number of benzene rings is 1. The van der Waals surface area contributed by atoms with Crippen LogP contribution in [0.2, 0.25) is 0 Å². The van der Waals surface area contributed by atoms with Crippen molar-refractivity contribution in [1.29, 1.82) is 0 Å². The quantitative estimate of drug-likeness (QED) is 0.920. The fourth-order valence-corrected chi connectivity index (χ4v) is 2.77. The van der Waals surface area contributed by atoms with E-state index < -0.39 is 11.6 Å². The number of nitrogens with zero attached hydrogens (tertiary/aromatic N) is 1. The number of piperidine rings is 1. The Hall–Kier alpha value is -1.49. The summed E-state index contributed by atoms with van der Waals surface area (Å²) in [7, 11) is 0. The van der Waals surface area contributed by atoms with Gasteiger partial charge in [-0.1, -0.05) is 12.1 Å². The molecule has 1 atom stereocenters. The second-order valence-corrected chi connectivity index (χ2v) is 5.20. The van der Waals surface area contributed by atoms with E-state index in [4.69, 9.17) is 5.73 Å². The predicted octanol–water partition coefficient (Wildman–Crippen LogP) is 2.24. The van der Waals surface area contributed by atoms with Crippen LogP contribution in [0.25, 0.3) is 0 Å². The van der Waals surface area contributed by atoms with Gasteiger partial charge in [0.1, 0.15) is 0 Å². The Bertz CT molecular complexity index is 477. The molecular formula is C15H20F2N2O. The highest BCUT2D eigenvalue weighted by Gasteiger charge is 2.26. The van der Waals surface area contributed by atoms with Gasteiger partial charge >= 0.3 is 0 Å². The lowest BCUT2D eigenvalue weighted by atomic mass is 9.98. The molecule has 0 saturated carbocycles. The molecule has 3 nitrogen and oxygen atoms in total. The molecule has 5 heteroatoms. The van der Waals surface area contributed by atoms with Crippen molar-refractivity contribution in [1.82, 2.24) is 4.90 Å². The van der Waals surface area contributed by atoms with E-state index in [0.717, 1.165) is 31.7 Å². The minimum atomic E-state index is -0.923. The summed E-state index contributed by atoms with van der Waals surface area (Å²) < 4.78 is 26.8. The molecule has 110 valence electrons. The Labute approximate surface area is 117 Å². The van der Waals surface area contributed by atoms with Gasteiger partial charge in [0, 0.05) is 18.2 Å². The summed E-state index contributed by atoms with van der Waals surface area (Å²) in [4.78, 5) is 14.1. The van der Waals surface area contributed by atoms with Gasteiger partial charge in [0.2, 0.25) is 5.91 Å². The standard InChI is InChI=1S/C15H20F2N2O/c16-13-6-3-4-11(15(13)17)10-14(20)19-9-2-1-5-12(19)7-8-18/h3-4,6,12H,1-2,5,7-10,18H2/t12-/m1/s1. The Morgan fingerprint density at radius 2 is 2.15 bits per heavy atom. The maximum absolute atomic E-state index is 13.6. The molecule has 0 bridgehead atoms. The normalized spacial score (nSPS) is 19.1. The first kappa shape index (κ1) is 14.9. The van der Waals surface area contributed by atoms with Crippen molar-refractivity contribution in [2.24, 2.45) is 5.73 Å². The van der Waals surface area contributed by atoms with Gasteiger partial charge in [-0.15, -0.1) is 0 Å². The van der Waals surface area contributed by atoms with Crippen LogP contribution in [0.3, 0.4) is 0 Å². The van der Waals surface area contributed by atoms with E-state index in [1.165, 1.54) is 12.1 Å². The highest BCUT2D eigenvalue weighted by Crippen LogP contribution is 2.21. The zero-order chi connectivity index (χ0) is 14.5. The van der Waals surface area contributed by atoms with Crippen LogP contribution in [0, 0.1) is 11.6 Å². The van der Waals surface area contributed by atoms with E-state index in [9.17, 15) is 13.6 Å². The Balaban J connectivity index is 2.08. The molecule has 1 amide bonds. The summed E-state index contributed by atoms with van der Waals surface area (Å²) in [6, 6.07) is 4.08. The van der Waals surface area contributed by atoms with Crippen LogP contribution in [0.4, 0.5) is 8.78 Å². The second kappa shape index (κ2) is 6.79. The minimum absolute atomic E-state index is 0.0926. The van der Waals surface area contributed by atoms with Gasteiger partial charge < -0.3 is 10.6 Å². The number of carbonyl (C=O) groups is 1. The number of likely N-dealkylation sites (tertiary alicyclic amines) is 1. The maximum Gasteiger partial charge on any atom is 0.227 e. The van der Waals surface area contributed by atoms with Gasteiger partial charge in [-0.05, 0) is 38.3 Å². The zero-order valence-electron chi connectivity index (χ0n) is 11.4. The van der Waals surface area contributed by atoms with Crippen molar-refractivity contribution in [2.75, 3.05) is 13.1 Å². The van der Waals surface area contributed by atoms with Crippen LogP contribution < -0.4 is 5.73 Å². The molecule has 0 aromatic heterocycles. The molecule has 20 heavy (non-hydrogen) atoms. The summed E-state index contributed by atoms with van der Waals surface area (Å²) in [5.41, 5.74) is 5.69. The Morgan fingerprint density at radius 1 is 1.35 bits per heavy atom. The van der Waals surface area contributed by atoms with Crippen LogP contribution in [-0.2, 0) is 11.2 Å². The summed E-state index contributed by atoms with van der Waals surface area (Å²) in [6.07, 6.45) is 3.65. The molecule has 0 spiro atoms. The topological polar surface area (TPSA) is 46.3 Å². The molecule has 1 saturated heterocycles. The average Bonchev–Trinajstić information content (AvgIpc) is 2.45. The number of hydrogen-bond donors (Lipinski definition) is 1. The lowest BCUT2D eigenvalue weighted by Crippen LogP contribution is -2.45. The monoisotopic (exact) mass is 282 g/mol. The van der Waals surface area contributed by atoms with E-state index in [0.29, 0.717) is 13.1 Å². The summed E-state index contributed by atoms with van der Waals surface area (Å²) >= 11 is 0. The number of nitrogens with two attached hydrogens (primary N) is 1. The van der Waals surface area contributed by atoms with Gasteiger partial charge in [-0.25, -0.2) is 8.78 Å². The largest absolute Gasteiger partial charge is 0.339 e. The highest BCUT2D eigenvalue weighted by atomic mass is 19.2. The smallest absolute Gasteiger partial charge is 0.227 e. The second-order valence-electron chi connectivity index (χ2n) is 5.20. The Morgan fingerprint density at radius 3 is 2.90 bits per heavy atom. The van der Waals surface area contributed by atoms with Gasteiger partial charge in [-0.2, -0.15) is 0 Å². The first-order valence-electron chi connectivity index (χ1n) is 7.06. The third-order valence-electron chi connectivity index (χ3n) is 3.82. The zero-order valence-corrected chi connectivity index (χ0v) is 11.4. The first-order valence-corrected chi connectivity index (χ1v) is 7.06. The van der Waals surface area contributed by atoms with Crippen molar-refractivity contribution < 1.29 is 13.6 Å². The third-order valence-corrected chi connectivity index (χ3v) is 3.82. The van der Waals surface area contributed by atoms with Gasteiger partial charge in [-0.3, -0.25) is 4.79 Å². The van der Waals surface area contributed by atoms with Crippen LogP contribution in [0.5, 0.6) is 0 Å². The third kappa shape index (κ3) is 3.33. The molecule has 2 N–H and O–H groups in total. The van der Waals surface area contributed by atoms with E-state index in [1.54, 1.807) is 4.90 Å². The SMILES string of the molecule is NCC[C@H]1CCCCN1C(=O)Cc1cccc(F)c1F. The van der Waals surface area contributed by atoms with Crippen LogP contribution in [0.15, 0.2) is 18.2 Å². The molecule has 2 rings (SSSR count). The number of amides is 1. The van der Waals surface area contributed by atoms with E-state index in [1.807, 2.05) is 0 Å². The van der Waals surface area contributed by atoms with Crippen molar-refractivity contribution in [3.05, 3.63) is 35.4 Å². The highest BCUT2D eigenvalue weighted by molar-refractivity contribution is 5.79. The van der Waals surface area contributed by atoms with E-state index in [2.05, 4.69) is 0 Å². The average molecular weight is 282 g/mol. The molecule has 0 aliphatic carbocycles. The van der Waals surface area contributed by atoms with Crippen LogP contribution in [-0.4, -0.2) is 29.9 Å². The minimum Gasteiger partial charge on any atom is -0.339 e. The van der Waals surface area contributed by atoms with Crippen molar-refractivity contribution in [3.63, 3.8) is 0 Å². The van der Waals surface area contributed by atoms with Crippen LogP contribution in [0.1, 0.15) is 31.2 Å². The fourth-order valence-electron chi connectivity index (χ4n) is 2.77. The first-order chi connectivity index (χ1) is 9.63. The van der Waals surface area contributed by atoms with Gasteiger partial charge in [0.15, 0.2) is 11.6 Å². The lowest BCUT2D eigenvalue weighted by Gasteiger charge is -2.35. The molecule has 1 aliphatic rings. The number of carbonyl (C=O) groups excluding carboxylic acids is 1. The van der Waals surface area contributed by atoms with Gasteiger partial charge in [0.25, 0.3) is 0 Å². The Kier molecular flexibility index (Phi) is 5.06. The fraction of sp³-hybridized carbons (Fsp3) is 0.533. The molecule has 0 unspecified atom stereocenters. The van der Waals surface area contributed by atoms with Gasteiger partial charge in [0.05, 0.1) is 6.42 Å². The maximum atomic E-state index is 13.6. The van der Waals surface area contributed by atoms with E-state index >= 15 is 0 Å². The molecule has 1 aromatic carbocycles. The predicted molar refractivity (Wildman–Crippen MR) is 73.1 cm³/mol. The van der Waals surface area contributed by atoms with Crippen molar-refractivity contribution in [2.45, 2.75) is 38.1 Å². The molecule has 0 radical (unpaired) electrons. The van der Waals surface area contributed by atoms with Crippen molar-refractivity contribution in [3.8, 4) is 0 Å². The summed E-state index contributed by atoms with van der Waals surface area (Å²) in [5.74, 6) is -1.98. The van der Waals surface area contributed by atoms with Crippen molar-refractivity contribution >= 4 is 5.91 Å². The van der Waals surface area contributed by atoms with E-state index in [-0.39, 0.29) is 23.9 Å². The molecular weight excluding hydrogens is 262 g/mol. The number of hydrogen-bond acceptors (Lipinski definition) is 2. The number of rotatable bonds is 4. The molecule has 1 heterocycles.